The van der Waals surface area contributed by atoms with Crippen molar-refractivity contribution < 1.29 is 27.8 Å². The van der Waals surface area contributed by atoms with Crippen molar-refractivity contribution in [2.24, 2.45) is 0 Å². The fraction of sp³-hybridized carbons (Fsp3) is 0.143. The van der Waals surface area contributed by atoms with E-state index in [1.54, 1.807) is 6.07 Å². The molecule has 0 saturated heterocycles. The molecule has 0 atom stereocenters. The maximum Gasteiger partial charge on any atom is 0.417 e. The first-order valence-corrected chi connectivity index (χ1v) is 9.89. The molecule has 0 bridgehead atoms. The van der Waals surface area contributed by atoms with Gasteiger partial charge in [0.15, 0.2) is 5.65 Å². The summed E-state index contributed by atoms with van der Waals surface area (Å²) in [6, 6.07) is 6.35. The number of carboxylic acid groups (broad SMARTS) is 1. The number of fused-ring (bicyclic) bond motifs is 1. The Hall–Kier alpha value is -3.90. The van der Waals surface area contributed by atoms with Gasteiger partial charge in [-0.2, -0.15) is 13.2 Å². The highest BCUT2D eigenvalue weighted by atomic mass is 35.5. The van der Waals surface area contributed by atoms with Crippen LogP contribution in [0.4, 0.5) is 24.7 Å². The Morgan fingerprint density at radius 3 is 2.56 bits per heavy atom. The molecule has 0 aliphatic heterocycles. The number of halogens is 4. The Morgan fingerprint density at radius 1 is 1.12 bits per heavy atom. The second-order valence-corrected chi connectivity index (χ2v) is 7.32. The van der Waals surface area contributed by atoms with E-state index >= 15 is 0 Å². The molecule has 174 valence electrons. The largest absolute Gasteiger partial charge is 0.477 e. The van der Waals surface area contributed by atoms with E-state index in [0.717, 1.165) is 6.07 Å². The molecule has 4 aromatic rings. The molecule has 4 aromatic heterocycles. The van der Waals surface area contributed by atoms with Crippen LogP contribution in [0.15, 0.2) is 42.7 Å². The summed E-state index contributed by atoms with van der Waals surface area (Å²) in [5.41, 5.74) is 0.454. The molecule has 2 N–H and O–H groups in total. The molecule has 0 saturated carbocycles. The van der Waals surface area contributed by atoms with Gasteiger partial charge in [0.05, 0.1) is 34.8 Å². The molecule has 4 rings (SSSR count). The number of ether oxygens (including phenoxy) is 1. The number of rotatable bonds is 6. The van der Waals surface area contributed by atoms with Crippen LogP contribution < -0.4 is 5.32 Å². The smallest absolute Gasteiger partial charge is 0.417 e. The number of anilines is 2. The third kappa shape index (κ3) is 4.87. The molecule has 13 heteroatoms. The van der Waals surface area contributed by atoms with Crippen molar-refractivity contribution in [3.05, 3.63) is 64.7 Å². The number of hydrogen-bond donors (Lipinski definition) is 2. The lowest BCUT2D eigenvalue weighted by Gasteiger charge is -2.12. The second-order valence-electron chi connectivity index (χ2n) is 6.91. The normalized spacial score (nSPS) is 11.6. The van der Waals surface area contributed by atoms with E-state index in [4.69, 9.17) is 16.3 Å². The van der Waals surface area contributed by atoms with E-state index in [0.29, 0.717) is 17.6 Å². The van der Waals surface area contributed by atoms with Gasteiger partial charge in [0.2, 0.25) is 0 Å². The summed E-state index contributed by atoms with van der Waals surface area (Å²) in [5, 5.41) is 12.3. The number of nitrogens with one attached hydrogen (secondary N) is 1. The topological polar surface area (TPSA) is 123 Å². The van der Waals surface area contributed by atoms with Gasteiger partial charge in [-0.15, -0.1) is 0 Å². The molecule has 0 aliphatic rings. The molecule has 0 spiro atoms. The fourth-order valence-corrected chi connectivity index (χ4v) is 3.20. The lowest BCUT2D eigenvalue weighted by molar-refractivity contribution is -0.137. The quantitative estimate of drug-likeness (QED) is 0.394. The van der Waals surface area contributed by atoms with Gasteiger partial charge in [-0.25, -0.2) is 29.7 Å². The molecule has 0 aromatic carbocycles. The van der Waals surface area contributed by atoms with E-state index in [2.05, 4.69) is 30.2 Å². The number of alkyl halides is 3. The molecule has 0 amide bonds. The maximum atomic E-state index is 12.8. The van der Waals surface area contributed by atoms with Crippen molar-refractivity contribution in [2.75, 3.05) is 12.4 Å². The zero-order chi connectivity index (χ0) is 24.5. The third-order valence-electron chi connectivity index (χ3n) is 4.52. The van der Waals surface area contributed by atoms with Crippen molar-refractivity contribution >= 4 is 40.2 Å². The van der Waals surface area contributed by atoms with Crippen molar-refractivity contribution in [1.82, 2.24) is 24.9 Å². The van der Waals surface area contributed by atoms with Gasteiger partial charge in [-0.05, 0) is 30.3 Å². The summed E-state index contributed by atoms with van der Waals surface area (Å²) < 4.78 is 43.6. The number of carbonyl (C=O) groups is 1. The summed E-state index contributed by atoms with van der Waals surface area (Å²) >= 11 is 6.19. The van der Waals surface area contributed by atoms with Gasteiger partial charge in [0, 0.05) is 13.3 Å². The van der Waals surface area contributed by atoms with Gasteiger partial charge in [-0.3, -0.25) is 0 Å². The van der Waals surface area contributed by atoms with Crippen molar-refractivity contribution in [2.45, 2.75) is 12.8 Å². The summed E-state index contributed by atoms with van der Waals surface area (Å²) in [5.74, 6) is -1.09. The molecule has 0 aliphatic carbocycles. The first kappa shape index (κ1) is 23.3. The summed E-state index contributed by atoms with van der Waals surface area (Å²) in [4.78, 5) is 32.3. The van der Waals surface area contributed by atoms with E-state index in [9.17, 15) is 23.1 Å². The van der Waals surface area contributed by atoms with Gasteiger partial charge in [-0.1, -0.05) is 11.6 Å². The zero-order valence-corrected chi connectivity index (χ0v) is 18.0. The molecular weight excluding hydrogens is 477 g/mol. The monoisotopic (exact) mass is 490 g/mol. The van der Waals surface area contributed by atoms with Crippen LogP contribution in [0.25, 0.3) is 22.6 Å². The standard InChI is InChI=1S/C21H14ClF3N6O3/c1-34-9-11-6-14(29-16-5-2-10(7-26-16)21(23,24)25)18-19(28-11)31-15(8-27-18)17-12(22)3-4-13(30-17)20(32)33/h2-8H,9H2,1H3,(H,32,33)(H,26,28,29,31). The number of aromatic carboxylic acids is 1. The van der Waals surface area contributed by atoms with E-state index < -0.39 is 17.7 Å². The van der Waals surface area contributed by atoms with Crippen LogP contribution in [0.1, 0.15) is 21.7 Å². The second kappa shape index (κ2) is 9.15. The molecule has 9 nitrogen and oxygen atoms in total. The van der Waals surface area contributed by atoms with Crippen LogP contribution in [0.5, 0.6) is 0 Å². The molecule has 0 unspecified atom stereocenters. The Balaban J connectivity index is 1.78. The molecule has 34 heavy (non-hydrogen) atoms. The van der Waals surface area contributed by atoms with E-state index in [-0.39, 0.29) is 45.7 Å². The van der Waals surface area contributed by atoms with E-state index in [1.807, 2.05) is 0 Å². The van der Waals surface area contributed by atoms with Gasteiger partial charge in [0.25, 0.3) is 0 Å². The number of methoxy groups -OCH3 is 1. The SMILES string of the molecule is COCc1cc(Nc2ccc(C(F)(F)F)cn2)c2ncc(-c3nc(C(=O)O)ccc3Cl)nc2n1. The lowest BCUT2D eigenvalue weighted by atomic mass is 10.2. The molecule has 0 fully saturated rings. The van der Waals surface area contributed by atoms with Crippen LogP contribution in [0.3, 0.4) is 0 Å². The van der Waals surface area contributed by atoms with E-state index in [1.165, 1.54) is 31.5 Å². The van der Waals surface area contributed by atoms with Crippen molar-refractivity contribution in [3.63, 3.8) is 0 Å². The number of aromatic nitrogens is 5. The Kier molecular flexibility index (Phi) is 6.26. The predicted molar refractivity (Wildman–Crippen MR) is 116 cm³/mol. The minimum absolute atomic E-state index is 0.105. The average Bonchev–Trinajstić information content (AvgIpc) is 2.79. The highest BCUT2D eigenvalue weighted by Gasteiger charge is 2.30. The fourth-order valence-electron chi connectivity index (χ4n) is 3.00. The number of nitrogens with zero attached hydrogens (tertiary/aromatic N) is 5. The Bertz CT molecular complexity index is 1380. The van der Waals surface area contributed by atoms with Crippen LogP contribution in [0.2, 0.25) is 5.02 Å². The minimum atomic E-state index is -4.50. The molecule has 4 heterocycles. The third-order valence-corrected chi connectivity index (χ3v) is 4.83. The van der Waals surface area contributed by atoms with Gasteiger partial charge >= 0.3 is 12.1 Å². The average molecular weight is 491 g/mol. The van der Waals surface area contributed by atoms with Crippen LogP contribution in [0, 0.1) is 0 Å². The highest BCUT2D eigenvalue weighted by Crippen LogP contribution is 2.31. The maximum absolute atomic E-state index is 12.8. The Labute approximate surface area is 194 Å². The van der Waals surface area contributed by atoms with Crippen LogP contribution in [-0.2, 0) is 17.5 Å². The summed E-state index contributed by atoms with van der Waals surface area (Å²) in [6.07, 6.45) is -2.45. The first-order chi connectivity index (χ1) is 16.2. The first-order valence-electron chi connectivity index (χ1n) is 9.52. The van der Waals surface area contributed by atoms with Gasteiger partial charge in [0.1, 0.15) is 28.4 Å². The van der Waals surface area contributed by atoms with Crippen LogP contribution >= 0.6 is 11.6 Å². The molecular formula is C21H14ClF3N6O3. The lowest BCUT2D eigenvalue weighted by Crippen LogP contribution is -2.06. The minimum Gasteiger partial charge on any atom is -0.477 e. The van der Waals surface area contributed by atoms with Crippen molar-refractivity contribution in [3.8, 4) is 11.4 Å². The zero-order valence-electron chi connectivity index (χ0n) is 17.3. The number of hydrogen-bond acceptors (Lipinski definition) is 8. The predicted octanol–water partition coefficient (Wildman–Crippen LogP) is 4.74. The van der Waals surface area contributed by atoms with Crippen LogP contribution in [-0.4, -0.2) is 43.1 Å². The number of carboxylic acids is 1. The van der Waals surface area contributed by atoms with Gasteiger partial charge < -0.3 is 15.2 Å². The Morgan fingerprint density at radius 2 is 1.91 bits per heavy atom. The molecule has 0 radical (unpaired) electrons. The number of pyridine rings is 3. The summed E-state index contributed by atoms with van der Waals surface area (Å²) in [7, 11) is 1.47. The highest BCUT2D eigenvalue weighted by molar-refractivity contribution is 6.33. The van der Waals surface area contributed by atoms with Crippen molar-refractivity contribution in [1.29, 1.82) is 0 Å². The summed E-state index contributed by atoms with van der Waals surface area (Å²) in [6.45, 7) is 0.116.